The highest BCUT2D eigenvalue weighted by atomic mass is 35.5. The van der Waals surface area contributed by atoms with Crippen molar-refractivity contribution in [2.45, 2.75) is 44.1 Å². The van der Waals surface area contributed by atoms with Crippen molar-refractivity contribution in [2.24, 2.45) is 0 Å². The van der Waals surface area contributed by atoms with Crippen molar-refractivity contribution in [1.82, 2.24) is 9.88 Å². The predicted octanol–water partition coefficient (Wildman–Crippen LogP) is 4.49. The molecule has 33 heavy (non-hydrogen) atoms. The van der Waals surface area contributed by atoms with Crippen molar-refractivity contribution in [2.75, 3.05) is 31.1 Å². The Labute approximate surface area is 196 Å². The average molecular weight is 488 g/mol. The molecule has 0 bridgehead atoms. The van der Waals surface area contributed by atoms with E-state index < -0.39 is 29.4 Å². The summed E-state index contributed by atoms with van der Waals surface area (Å²) < 4.78 is 60.5. The normalized spacial score (nSPS) is 21.2. The van der Waals surface area contributed by atoms with Crippen molar-refractivity contribution >= 4 is 24.0 Å². The summed E-state index contributed by atoms with van der Waals surface area (Å²) in [4.78, 5) is 19.9. The van der Waals surface area contributed by atoms with Gasteiger partial charge in [0.25, 0.3) is 5.91 Å². The van der Waals surface area contributed by atoms with Gasteiger partial charge in [-0.15, -0.1) is 12.4 Å². The van der Waals surface area contributed by atoms with E-state index >= 15 is 0 Å². The average Bonchev–Trinajstić information content (AvgIpc) is 2.76. The molecule has 180 valence electrons. The van der Waals surface area contributed by atoms with E-state index in [1.165, 1.54) is 11.0 Å². The van der Waals surface area contributed by atoms with Gasteiger partial charge in [-0.2, -0.15) is 13.2 Å². The van der Waals surface area contributed by atoms with Crippen LogP contribution < -0.4 is 4.90 Å². The van der Waals surface area contributed by atoms with Crippen LogP contribution in [0.4, 0.5) is 23.2 Å². The molecule has 1 amide bonds. The first-order valence-corrected chi connectivity index (χ1v) is 10.6. The molecule has 0 radical (unpaired) electrons. The summed E-state index contributed by atoms with van der Waals surface area (Å²) in [6.07, 6.45) is -1.56. The fourth-order valence-corrected chi connectivity index (χ4v) is 4.53. The first-order chi connectivity index (χ1) is 15.2. The molecule has 3 heterocycles. The van der Waals surface area contributed by atoms with Crippen LogP contribution >= 0.6 is 12.4 Å². The summed E-state index contributed by atoms with van der Waals surface area (Å²) in [5, 5.41) is 0. The van der Waals surface area contributed by atoms with Gasteiger partial charge in [0.2, 0.25) is 0 Å². The number of anilines is 1. The highest BCUT2D eigenvalue weighted by Gasteiger charge is 2.47. The summed E-state index contributed by atoms with van der Waals surface area (Å²) >= 11 is 0. The summed E-state index contributed by atoms with van der Waals surface area (Å²) in [5.74, 6) is -0.729. The molecule has 0 N–H and O–H groups in total. The summed E-state index contributed by atoms with van der Waals surface area (Å²) in [6, 6.07) is 7.56. The number of amides is 1. The standard InChI is InChI=1S/C23H25F4N3O2.ClH/c1-16-21(31)30(20-14-28-10-6-18(20)23(25,26)27)15-22(32-16)8-12-29(13-9-22)11-7-17-4-2-3-5-19(17)24;/h2-6,10,14,16H,7-9,11-13,15H2,1H3;1H/t16-;/m1./s1. The number of carbonyl (C=O) groups excluding carboxylic acids is 1. The third kappa shape index (κ3) is 5.47. The number of hydrogen-bond donors (Lipinski definition) is 0. The molecule has 0 aliphatic carbocycles. The molecular formula is C23H26ClF4N3O2. The number of piperidine rings is 1. The number of likely N-dealkylation sites (tertiary alicyclic amines) is 1. The van der Waals surface area contributed by atoms with Gasteiger partial charge in [0.05, 0.1) is 29.6 Å². The molecule has 0 unspecified atom stereocenters. The van der Waals surface area contributed by atoms with Gasteiger partial charge in [0.15, 0.2) is 0 Å². The Hall–Kier alpha value is -2.23. The Balaban J connectivity index is 0.00000306. The van der Waals surface area contributed by atoms with Gasteiger partial charge in [-0.05, 0) is 43.9 Å². The monoisotopic (exact) mass is 487 g/mol. The molecule has 0 saturated carbocycles. The van der Waals surface area contributed by atoms with Gasteiger partial charge in [0, 0.05) is 25.8 Å². The topological polar surface area (TPSA) is 45.7 Å². The molecule has 1 spiro atoms. The summed E-state index contributed by atoms with van der Waals surface area (Å²) in [7, 11) is 0. The van der Waals surface area contributed by atoms with Gasteiger partial charge >= 0.3 is 6.18 Å². The Morgan fingerprint density at radius 1 is 1.18 bits per heavy atom. The van der Waals surface area contributed by atoms with Gasteiger partial charge in [-0.1, -0.05) is 18.2 Å². The Morgan fingerprint density at radius 2 is 1.88 bits per heavy atom. The molecule has 2 aliphatic rings. The number of halogens is 5. The second-order valence-electron chi connectivity index (χ2n) is 8.44. The van der Waals surface area contributed by atoms with Crippen LogP contribution in [0.2, 0.25) is 0 Å². The number of morpholine rings is 1. The van der Waals surface area contributed by atoms with Crippen molar-refractivity contribution < 1.29 is 27.1 Å². The van der Waals surface area contributed by atoms with Crippen molar-refractivity contribution in [3.05, 3.63) is 59.7 Å². The highest BCUT2D eigenvalue weighted by molar-refractivity contribution is 5.97. The van der Waals surface area contributed by atoms with Crippen LogP contribution in [0, 0.1) is 5.82 Å². The second kappa shape index (κ2) is 9.95. The van der Waals surface area contributed by atoms with E-state index in [1.54, 1.807) is 25.1 Å². The van der Waals surface area contributed by atoms with Crippen LogP contribution in [0.3, 0.4) is 0 Å². The molecule has 2 fully saturated rings. The molecule has 2 aromatic rings. The minimum Gasteiger partial charge on any atom is -0.360 e. The number of benzene rings is 1. The third-order valence-corrected chi connectivity index (χ3v) is 6.31. The highest BCUT2D eigenvalue weighted by Crippen LogP contribution is 2.40. The molecule has 1 atom stereocenters. The molecule has 2 aliphatic heterocycles. The molecule has 1 aromatic carbocycles. The first-order valence-electron chi connectivity index (χ1n) is 10.6. The van der Waals surface area contributed by atoms with Crippen LogP contribution in [-0.2, 0) is 22.1 Å². The van der Waals surface area contributed by atoms with E-state index in [0.717, 1.165) is 18.5 Å². The molecule has 1 aromatic heterocycles. The summed E-state index contributed by atoms with van der Waals surface area (Å²) in [6.45, 7) is 3.61. The van der Waals surface area contributed by atoms with E-state index in [9.17, 15) is 22.4 Å². The zero-order valence-electron chi connectivity index (χ0n) is 18.1. The predicted molar refractivity (Wildman–Crippen MR) is 118 cm³/mol. The van der Waals surface area contributed by atoms with Crippen LogP contribution in [0.1, 0.15) is 30.9 Å². The van der Waals surface area contributed by atoms with E-state index in [1.807, 2.05) is 0 Å². The number of alkyl halides is 3. The number of carbonyl (C=O) groups is 1. The second-order valence-corrected chi connectivity index (χ2v) is 8.44. The number of ether oxygens (including phenoxy) is 1. The Bertz CT molecular complexity index is 980. The Morgan fingerprint density at radius 3 is 2.55 bits per heavy atom. The van der Waals surface area contributed by atoms with Gasteiger partial charge < -0.3 is 14.5 Å². The fraction of sp³-hybridized carbons (Fsp3) is 0.478. The SMILES string of the molecule is C[C@H]1OC2(CCN(CCc3ccccc3F)CC2)CN(c2cnccc2C(F)(F)F)C1=O.Cl. The minimum atomic E-state index is -4.59. The van der Waals surface area contributed by atoms with E-state index in [2.05, 4.69) is 9.88 Å². The van der Waals surface area contributed by atoms with Crippen molar-refractivity contribution in [3.8, 4) is 0 Å². The largest absolute Gasteiger partial charge is 0.418 e. The zero-order chi connectivity index (χ0) is 22.9. The number of rotatable bonds is 4. The zero-order valence-corrected chi connectivity index (χ0v) is 19.0. The lowest BCUT2D eigenvalue weighted by molar-refractivity contribution is -0.162. The number of aromatic nitrogens is 1. The Kier molecular flexibility index (Phi) is 7.65. The molecule has 2 saturated heterocycles. The van der Waals surface area contributed by atoms with Gasteiger partial charge in [-0.3, -0.25) is 9.78 Å². The number of nitrogens with zero attached hydrogens (tertiary/aromatic N) is 3. The smallest absolute Gasteiger partial charge is 0.360 e. The van der Waals surface area contributed by atoms with Gasteiger partial charge in [-0.25, -0.2) is 4.39 Å². The molecule has 10 heteroatoms. The van der Waals surface area contributed by atoms with Crippen LogP contribution in [0.15, 0.2) is 42.7 Å². The molecule has 4 rings (SSSR count). The van der Waals surface area contributed by atoms with E-state index in [-0.39, 0.29) is 30.5 Å². The molecular weight excluding hydrogens is 462 g/mol. The van der Waals surface area contributed by atoms with E-state index in [4.69, 9.17) is 4.74 Å². The lowest BCUT2D eigenvalue weighted by atomic mass is 9.88. The van der Waals surface area contributed by atoms with Crippen LogP contribution in [0.25, 0.3) is 0 Å². The fourth-order valence-electron chi connectivity index (χ4n) is 4.53. The maximum Gasteiger partial charge on any atom is 0.418 e. The lowest BCUT2D eigenvalue weighted by Gasteiger charge is -2.49. The number of pyridine rings is 1. The lowest BCUT2D eigenvalue weighted by Crippen LogP contribution is -2.62. The maximum atomic E-state index is 13.9. The quantitative estimate of drug-likeness (QED) is 0.596. The van der Waals surface area contributed by atoms with Crippen LogP contribution in [0.5, 0.6) is 0 Å². The third-order valence-electron chi connectivity index (χ3n) is 6.31. The first kappa shape index (κ1) is 25.4. The maximum absolute atomic E-state index is 13.9. The van der Waals surface area contributed by atoms with Crippen molar-refractivity contribution in [1.29, 1.82) is 0 Å². The van der Waals surface area contributed by atoms with Gasteiger partial charge in [0.1, 0.15) is 11.9 Å². The summed E-state index contributed by atoms with van der Waals surface area (Å²) in [5.41, 5.74) is -1.18. The number of hydrogen-bond acceptors (Lipinski definition) is 4. The van der Waals surface area contributed by atoms with E-state index in [0.29, 0.717) is 44.5 Å². The molecule has 5 nitrogen and oxygen atoms in total. The minimum absolute atomic E-state index is 0. The van der Waals surface area contributed by atoms with Crippen molar-refractivity contribution in [3.63, 3.8) is 0 Å². The van der Waals surface area contributed by atoms with Crippen LogP contribution in [-0.4, -0.2) is 53.7 Å².